The Bertz CT molecular complexity index is 1780. The van der Waals surface area contributed by atoms with Gasteiger partial charge in [0.2, 0.25) is 0 Å². The number of terminal acetylenes is 1. The lowest BCUT2D eigenvalue weighted by atomic mass is 9.79. The fourth-order valence-corrected chi connectivity index (χ4v) is 5.09. The molecule has 0 fully saturated rings. The quantitative estimate of drug-likeness (QED) is 0.283. The molecule has 1 atom stereocenters. The zero-order chi connectivity index (χ0) is 26.2. The monoisotopic (exact) mass is 483 g/mol. The molecule has 0 amide bonds. The summed E-state index contributed by atoms with van der Waals surface area (Å²) in [7, 11) is 5.66. The molecule has 0 saturated carbocycles. The van der Waals surface area contributed by atoms with Crippen molar-refractivity contribution in [2.24, 2.45) is 14.1 Å². The van der Waals surface area contributed by atoms with E-state index in [0.717, 1.165) is 44.4 Å². The first-order chi connectivity index (χ1) is 17.9. The molecule has 5 rings (SSSR count). The Morgan fingerprint density at radius 3 is 2.43 bits per heavy atom. The predicted octanol–water partition coefficient (Wildman–Crippen LogP) is 4.98. The van der Waals surface area contributed by atoms with Crippen molar-refractivity contribution in [3.8, 4) is 23.5 Å². The number of pyridine rings is 1. The summed E-state index contributed by atoms with van der Waals surface area (Å²) in [6.07, 6.45) is 9.29. The number of hydrogen-bond acceptors (Lipinski definition) is 3. The Kier molecular flexibility index (Phi) is 5.97. The third-order valence-electron chi connectivity index (χ3n) is 7.03. The summed E-state index contributed by atoms with van der Waals surface area (Å²) in [5, 5.41) is 4.49. The molecular weight excluding hydrogens is 458 g/mol. The minimum Gasteiger partial charge on any atom is -0.335 e. The Hall–Kier alpha value is -4.91. The van der Waals surface area contributed by atoms with E-state index in [1.807, 2.05) is 85.5 Å². The molecule has 180 valence electrons. The molecule has 0 bridgehead atoms. The van der Waals surface area contributed by atoms with Crippen LogP contribution in [0.1, 0.15) is 22.4 Å². The van der Waals surface area contributed by atoms with Crippen molar-refractivity contribution in [1.82, 2.24) is 19.4 Å². The largest absolute Gasteiger partial charge is 0.335 e. The van der Waals surface area contributed by atoms with Crippen molar-refractivity contribution < 1.29 is 0 Å². The lowest BCUT2D eigenvalue weighted by molar-refractivity contribution is 0.493. The molecule has 0 aliphatic carbocycles. The highest BCUT2D eigenvalue weighted by molar-refractivity contribution is 5.95. The van der Waals surface area contributed by atoms with Gasteiger partial charge < -0.3 is 14.5 Å². The van der Waals surface area contributed by atoms with Crippen molar-refractivity contribution >= 4 is 16.6 Å². The summed E-state index contributed by atoms with van der Waals surface area (Å²) in [6, 6.07) is 23.1. The van der Waals surface area contributed by atoms with Crippen molar-refractivity contribution in [2.75, 3.05) is 7.05 Å². The van der Waals surface area contributed by atoms with E-state index < -0.39 is 5.54 Å². The van der Waals surface area contributed by atoms with Gasteiger partial charge in [-0.2, -0.15) is 0 Å². The molecule has 6 nitrogen and oxygen atoms in total. The topological polar surface area (TPSA) is 56.2 Å². The molecule has 0 unspecified atom stereocenters. The van der Waals surface area contributed by atoms with Gasteiger partial charge in [0, 0.05) is 31.1 Å². The maximum atomic E-state index is 12.9. The fourth-order valence-electron chi connectivity index (χ4n) is 5.09. The van der Waals surface area contributed by atoms with Crippen LogP contribution in [-0.2, 0) is 19.6 Å². The molecule has 0 spiro atoms. The number of hydrogen-bond donors (Lipinski definition) is 1. The number of aromatic nitrogens is 3. The lowest BCUT2D eigenvalue weighted by Gasteiger charge is -2.35. The van der Waals surface area contributed by atoms with Crippen LogP contribution in [-0.4, -0.2) is 21.2 Å². The molecule has 37 heavy (non-hydrogen) atoms. The molecular formula is C31H25N5O. The SMILES string of the molecule is [C-]#[N+]c1ccc([C@@](NC)(c2ccc3c(c2)c(-c2cccc(C#C)c2)cc(=O)n3C)c2cncn2C)cc1. The van der Waals surface area contributed by atoms with Crippen LogP contribution in [0.2, 0.25) is 0 Å². The predicted molar refractivity (Wildman–Crippen MR) is 147 cm³/mol. The van der Waals surface area contributed by atoms with Crippen LogP contribution in [0.25, 0.3) is 26.9 Å². The third kappa shape index (κ3) is 3.81. The third-order valence-corrected chi connectivity index (χ3v) is 7.03. The molecule has 5 aromatic rings. The molecule has 2 aromatic heterocycles. The zero-order valence-corrected chi connectivity index (χ0v) is 20.9. The van der Waals surface area contributed by atoms with Gasteiger partial charge in [-0.25, -0.2) is 9.83 Å². The summed E-state index contributed by atoms with van der Waals surface area (Å²) >= 11 is 0. The highest BCUT2D eigenvalue weighted by atomic mass is 16.1. The van der Waals surface area contributed by atoms with Crippen LogP contribution < -0.4 is 10.9 Å². The Morgan fingerprint density at radius 1 is 1.03 bits per heavy atom. The molecule has 0 aliphatic heterocycles. The number of benzene rings is 3. The van der Waals surface area contributed by atoms with Gasteiger partial charge >= 0.3 is 0 Å². The van der Waals surface area contributed by atoms with E-state index in [0.29, 0.717) is 5.69 Å². The highest BCUT2D eigenvalue weighted by Gasteiger charge is 2.37. The normalized spacial score (nSPS) is 12.6. The number of fused-ring (bicyclic) bond motifs is 1. The number of aryl methyl sites for hydroxylation is 2. The van der Waals surface area contributed by atoms with Crippen LogP contribution in [0, 0.1) is 18.9 Å². The fraction of sp³-hybridized carbons (Fsp3) is 0.129. The standard InChI is InChI=1S/C31H25N5O/c1-6-21-8-7-9-22(16-21)26-18-30(37)36(5)28-15-12-24(17-27(26)28)31(33-3,29-19-34-20-35(29)4)23-10-13-25(32-2)14-11-23/h1,7-20,33H,3-5H3/t31-/m1/s1. The van der Waals surface area contributed by atoms with Crippen molar-refractivity contribution in [3.05, 3.63) is 129 Å². The highest BCUT2D eigenvalue weighted by Crippen LogP contribution is 2.39. The van der Waals surface area contributed by atoms with Crippen molar-refractivity contribution in [2.45, 2.75) is 5.54 Å². The van der Waals surface area contributed by atoms with Gasteiger partial charge in [-0.05, 0) is 53.6 Å². The summed E-state index contributed by atoms with van der Waals surface area (Å²) in [5.74, 6) is 2.69. The van der Waals surface area contributed by atoms with E-state index in [1.165, 1.54) is 0 Å². The first-order valence-corrected chi connectivity index (χ1v) is 11.8. The maximum absolute atomic E-state index is 12.9. The first kappa shape index (κ1) is 23.8. The number of nitrogens with one attached hydrogen (secondary N) is 1. The van der Waals surface area contributed by atoms with Gasteiger partial charge in [-0.3, -0.25) is 4.79 Å². The van der Waals surface area contributed by atoms with E-state index in [-0.39, 0.29) is 5.56 Å². The van der Waals surface area contributed by atoms with Gasteiger partial charge in [0.25, 0.3) is 5.56 Å². The summed E-state index contributed by atoms with van der Waals surface area (Å²) < 4.78 is 3.64. The van der Waals surface area contributed by atoms with E-state index in [9.17, 15) is 4.79 Å². The van der Waals surface area contributed by atoms with Gasteiger partial charge in [0.1, 0.15) is 5.54 Å². The Labute approximate surface area is 215 Å². The molecule has 0 saturated heterocycles. The van der Waals surface area contributed by atoms with Crippen molar-refractivity contribution in [1.29, 1.82) is 0 Å². The average Bonchev–Trinajstić information content (AvgIpc) is 3.37. The minimum atomic E-state index is -0.771. The molecule has 2 heterocycles. The van der Waals surface area contributed by atoms with E-state index in [4.69, 9.17) is 13.0 Å². The van der Waals surface area contributed by atoms with E-state index >= 15 is 0 Å². The lowest BCUT2D eigenvalue weighted by Crippen LogP contribution is -2.43. The molecule has 0 radical (unpaired) electrons. The summed E-state index contributed by atoms with van der Waals surface area (Å²) in [6.45, 7) is 7.37. The van der Waals surface area contributed by atoms with Crippen LogP contribution in [0.3, 0.4) is 0 Å². The number of rotatable bonds is 5. The minimum absolute atomic E-state index is 0.0948. The summed E-state index contributed by atoms with van der Waals surface area (Å²) in [5.41, 5.74) is 5.84. The van der Waals surface area contributed by atoms with Crippen LogP contribution in [0.5, 0.6) is 0 Å². The zero-order valence-electron chi connectivity index (χ0n) is 20.9. The second kappa shape index (κ2) is 9.28. The number of nitrogens with zero attached hydrogens (tertiary/aromatic N) is 4. The first-order valence-electron chi connectivity index (χ1n) is 11.8. The van der Waals surface area contributed by atoms with Crippen LogP contribution >= 0.6 is 0 Å². The Morgan fingerprint density at radius 2 is 1.78 bits per heavy atom. The van der Waals surface area contributed by atoms with Gasteiger partial charge in [0.15, 0.2) is 5.69 Å². The molecule has 1 N–H and O–H groups in total. The molecule has 3 aromatic carbocycles. The van der Waals surface area contributed by atoms with Gasteiger partial charge in [-0.15, -0.1) is 6.42 Å². The van der Waals surface area contributed by atoms with Crippen LogP contribution in [0.15, 0.2) is 90.1 Å². The van der Waals surface area contributed by atoms with Gasteiger partial charge in [-0.1, -0.05) is 48.4 Å². The van der Waals surface area contributed by atoms with E-state index in [2.05, 4.69) is 27.1 Å². The van der Waals surface area contributed by atoms with E-state index in [1.54, 1.807) is 24.0 Å². The second-order valence-electron chi connectivity index (χ2n) is 8.96. The Balaban J connectivity index is 1.86. The van der Waals surface area contributed by atoms with Gasteiger partial charge in [0.05, 0.1) is 30.3 Å². The second-order valence-corrected chi connectivity index (χ2v) is 8.96. The number of imidazole rings is 1. The smallest absolute Gasteiger partial charge is 0.251 e. The molecule has 6 heteroatoms. The maximum Gasteiger partial charge on any atom is 0.251 e. The average molecular weight is 484 g/mol. The summed E-state index contributed by atoms with van der Waals surface area (Å²) in [4.78, 5) is 20.9. The van der Waals surface area contributed by atoms with Crippen LogP contribution in [0.4, 0.5) is 5.69 Å². The molecule has 0 aliphatic rings. The van der Waals surface area contributed by atoms with Crippen molar-refractivity contribution in [3.63, 3.8) is 0 Å².